The van der Waals surface area contributed by atoms with Gasteiger partial charge >= 0.3 is 5.97 Å². The van der Waals surface area contributed by atoms with Crippen LogP contribution in [0.15, 0.2) is 36.4 Å². The zero-order valence-electron chi connectivity index (χ0n) is 15.6. The van der Waals surface area contributed by atoms with E-state index in [9.17, 15) is 14.7 Å². The zero-order valence-corrected chi connectivity index (χ0v) is 15.6. The Morgan fingerprint density at radius 1 is 1.04 bits per heavy atom. The van der Waals surface area contributed by atoms with Crippen molar-refractivity contribution in [3.63, 3.8) is 0 Å². The van der Waals surface area contributed by atoms with Gasteiger partial charge in [0.15, 0.2) is 5.78 Å². The van der Waals surface area contributed by atoms with Crippen LogP contribution in [0.25, 0.3) is 0 Å². The Morgan fingerprint density at radius 2 is 1.86 bits per heavy atom. The minimum atomic E-state index is -0.442. The molecule has 0 bridgehead atoms. The molecule has 1 saturated carbocycles. The average Bonchev–Trinajstić information content (AvgIpc) is 2.67. The number of rotatable bonds is 1. The molecule has 5 heteroatoms. The van der Waals surface area contributed by atoms with Gasteiger partial charge in [0.1, 0.15) is 22.8 Å². The number of carbonyl (C=O) groups excluding carboxylic acids is 2. The fourth-order valence-electron chi connectivity index (χ4n) is 4.90. The van der Waals surface area contributed by atoms with E-state index in [-0.39, 0.29) is 29.8 Å². The maximum absolute atomic E-state index is 13.0. The second-order valence-electron chi connectivity index (χ2n) is 8.13. The lowest BCUT2D eigenvalue weighted by atomic mass is 9.76. The highest BCUT2D eigenvalue weighted by molar-refractivity contribution is 6.01. The Hall–Kier alpha value is -2.82. The summed E-state index contributed by atoms with van der Waals surface area (Å²) in [5.74, 6) is 0.613. The van der Waals surface area contributed by atoms with Gasteiger partial charge in [-0.1, -0.05) is 18.6 Å². The Morgan fingerprint density at radius 3 is 2.64 bits per heavy atom. The summed E-state index contributed by atoms with van der Waals surface area (Å²) in [6.07, 6.45) is 5.59. The molecule has 5 rings (SSSR count). The van der Waals surface area contributed by atoms with Crippen molar-refractivity contribution in [1.82, 2.24) is 0 Å². The Labute approximate surface area is 163 Å². The summed E-state index contributed by atoms with van der Waals surface area (Å²) in [5.41, 5.74) is 1.69. The Kier molecular flexibility index (Phi) is 3.93. The molecule has 28 heavy (non-hydrogen) atoms. The highest BCUT2D eigenvalue weighted by Gasteiger charge is 2.44. The summed E-state index contributed by atoms with van der Waals surface area (Å²) >= 11 is 0. The molecule has 1 atom stereocenters. The quantitative estimate of drug-likeness (QED) is 0.584. The number of hydrogen-bond donors (Lipinski definition) is 1. The minimum absolute atomic E-state index is 0.0949. The van der Waals surface area contributed by atoms with Gasteiger partial charge in [-0.2, -0.15) is 0 Å². The van der Waals surface area contributed by atoms with Crippen molar-refractivity contribution in [2.45, 2.75) is 56.5 Å². The van der Waals surface area contributed by atoms with Crippen molar-refractivity contribution in [1.29, 1.82) is 0 Å². The highest BCUT2D eigenvalue weighted by Crippen LogP contribution is 2.51. The lowest BCUT2D eigenvalue weighted by Crippen LogP contribution is -2.44. The summed E-state index contributed by atoms with van der Waals surface area (Å²) in [4.78, 5) is 25.2. The first-order valence-corrected chi connectivity index (χ1v) is 9.93. The second kappa shape index (κ2) is 6.36. The molecule has 1 fully saturated rings. The normalized spacial score (nSPS) is 22.8. The number of benzene rings is 2. The highest BCUT2D eigenvalue weighted by atomic mass is 16.5. The first-order chi connectivity index (χ1) is 13.5. The van der Waals surface area contributed by atoms with Crippen LogP contribution < -0.4 is 9.47 Å². The van der Waals surface area contributed by atoms with Gasteiger partial charge in [0.2, 0.25) is 0 Å². The van der Waals surface area contributed by atoms with Crippen molar-refractivity contribution in [3.05, 3.63) is 53.1 Å². The number of phenolic OH excluding ortho intramolecular Hbond substituents is 1. The van der Waals surface area contributed by atoms with E-state index in [0.29, 0.717) is 23.5 Å². The topological polar surface area (TPSA) is 72.8 Å². The molecular weight excluding hydrogens is 356 g/mol. The summed E-state index contributed by atoms with van der Waals surface area (Å²) in [5, 5.41) is 9.94. The molecule has 3 aliphatic rings. The largest absolute Gasteiger partial charge is 0.508 e. The van der Waals surface area contributed by atoms with Crippen LogP contribution in [0.5, 0.6) is 17.2 Å². The van der Waals surface area contributed by atoms with Crippen LogP contribution in [0.1, 0.15) is 72.3 Å². The molecule has 0 saturated heterocycles. The smallest absolute Gasteiger partial charge is 0.312 e. The molecule has 144 valence electrons. The van der Waals surface area contributed by atoms with Crippen molar-refractivity contribution < 1.29 is 24.2 Å². The van der Waals surface area contributed by atoms with Crippen LogP contribution in [0.3, 0.4) is 0 Å². The number of hydrogen-bond acceptors (Lipinski definition) is 5. The van der Waals surface area contributed by atoms with Crippen LogP contribution in [0.4, 0.5) is 0 Å². The van der Waals surface area contributed by atoms with E-state index in [1.165, 1.54) is 6.42 Å². The number of phenols is 1. The third-order valence-corrected chi connectivity index (χ3v) is 6.24. The average molecular weight is 378 g/mol. The number of ether oxygens (including phenoxy) is 2. The minimum Gasteiger partial charge on any atom is -0.508 e. The van der Waals surface area contributed by atoms with Crippen molar-refractivity contribution in [3.8, 4) is 17.2 Å². The van der Waals surface area contributed by atoms with Gasteiger partial charge < -0.3 is 14.6 Å². The molecule has 1 spiro atoms. The summed E-state index contributed by atoms with van der Waals surface area (Å²) in [6.45, 7) is 0. The molecule has 0 amide bonds. The number of Topliss-reactive ketones (excluding diaryl/α,β-unsaturated/α-hetero) is 1. The van der Waals surface area contributed by atoms with Gasteiger partial charge in [0, 0.05) is 11.5 Å². The van der Waals surface area contributed by atoms with Gasteiger partial charge in [0.25, 0.3) is 0 Å². The van der Waals surface area contributed by atoms with Crippen molar-refractivity contribution in [2.75, 3.05) is 0 Å². The molecule has 5 nitrogen and oxygen atoms in total. The van der Waals surface area contributed by atoms with Crippen molar-refractivity contribution in [2.24, 2.45) is 0 Å². The van der Waals surface area contributed by atoms with Gasteiger partial charge in [-0.3, -0.25) is 9.59 Å². The second-order valence-corrected chi connectivity index (χ2v) is 8.13. The maximum Gasteiger partial charge on any atom is 0.312 e. The lowest BCUT2D eigenvalue weighted by Gasteiger charge is -2.42. The monoisotopic (exact) mass is 378 g/mol. The molecule has 2 aliphatic heterocycles. The van der Waals surface area contributed by atoms with Crippen LogP contribution in [0.2, 0.25) is 0 Å². The number of carbonyl (C=O) groups is 2. The number of esters is 1. The van der Waals surface area contributed by atoms with Crippen molar-refractivity contribution >= 4 is 11.8 Å². The van der Waals surface area contributed by atoms with Crippen LogP contribution >= 0.6 is 0 Å². The predicted octanol–water partition coefficient (Wildman–Crippen LogP) is 4.50. The van der Waals surface area contributed by atoms with E-state index in [1.807, 2.05) is 6.07 Å². The van der Waals surface area contributed by atoms with E-state index >= 15 is 0 Å². The fourth-order valence-corrected chi connectivity index (χ4v) is 4.90. The molecule has 1 aliphatic carbocycles. The zero-order chi connectivity index (χ0) is 19.3. The molecular formula is C23H22O5. The van der Waals surface area contributed by atoms with E-state index in [2.05, 4.69) is 0 Å². The molecule has 0 aromatic heterocycles. The predicted molar refractivity (Wildman–Crippen MR) is 102 cm³/mol. The lowest BCUT2D eigenvalue weighted by molar-refractivity contribution is -0.135. The summed E-state index contributed by atoms with van der Waals surface area (Å²) in [6, 6.07) is 10.3. The van der Waals surface area contributed by atoms with Crippen LogP contribution in [-0.4, -0.2) is 22.5 Å². The Balaban J connectivity index is 1.67. The van der Waals surface area contributed by atoms with Gasteiger partial charge in [-0.15, -0.1) is 0 Å². The van der Waals surface area contributed by atoms with Gasteiger partial charge in [-0.25, -0.2) is 0 Å². The SMILES string of the molecule is O=C1C[C@H](c2cccc(O)c2)c2c(ccc3c2OC2(CCCCC2)CC3=O)O1. The summed E-state index contributed by atoms with van der Waals surface area (Å²) < 4.78 is 12.1. The molecule has 0 unspecified atom stereocenters. The van der Waals surface area contributed by atoms with E-state index in [0.717, 1.165) is 36.8 Å². The molecule has 2 aromatic carbocycles. The van der Waals surface area contributed by atoms with E-state index in [4.69, 9.17) is 9.47 Å². The molecule has 0 radical (unpaired) electrons. The molecule has 2 aromatic rings. The van der Waals surface area contributed by atoms with Crippen LogP contribution in [0, 0.1) is 0 Å². The van der Waals surface area contributed by atoms with Gasteiger partial charge in [0.05, 0.1) is 18.4 Å². The first kappa shape index (κ1) is 17.3. The van der Waals surface area contributed by atoms with Gasteiger partial charge in [-0.05, 0) is 55.5 Å². The number of aromatic hydroxyl groups is 1. The first-order valence-electron chi connectivity index (χ1n) is 9.93. The number of ketones is 1. The molecule has 2 heterocycles. The number of fused-ring (bicyclic) bond motifs is 3. The fraction of sp³-hybridized carbons (Fsp3) is 0.391. The molecule has 1 N–H and O–H groups in total. The third-order valence-electron chi connectivity index (χ3n) is 6.24. The maximum atomic E-state index is 13.0. The third kappa shape index (κ3) is 2.77. The van der Waals surface area contributed by atoms with E-state index < -0.39 is 5.60 Å². The van der Waals surface area contributed by atoms with E-state index in [1.54, 1.807) is 30.3 Å². The summed E-state index contributed by atoms with van der Waals surface area (Å²) in [7, 11) is 0. The van der Waals surface area contributed by atoms with Crippen LogP contribution in [-0.2, 0) is 4.79 Å². The standard InChI is InChI=1S/C23H22O5/c24-15-6-4-5-14(11-15)17-12-20(26)27-19-8-7-16-18(25)13-23(9-2-1-3-10-23)28-22(16)21(17)19/h4-8,11,17,24H,1-3,9-10,12-13H2/t17-/m1/s1. The Bertz CT molecular complexity index is 971.